The van der Waals surface area contributed by atoms with Crippen molar-refractivity contribution in [2.75, 3.05) is 0 Å². The topological polar surface area (TPSA) is 55.7 Å². The molecule has 0 aliphatic heterocycles. The summed E-state index contributed by atoms with van der Waals surface area (Å²) in [5, 5.41) is 8.12. The first-order chi connectivity index (χ1) is 10.6. The Kier molecular flexibility index (Phi) is 4.97. The summed E-state index contributed by atoms with van der Waals surface area (Å²) in [6, 6.07) is 6.08. The molecule has 2 heterocycles. The van der Waals surface area contributed by atoms with Crippen LogP contribution in [-0.4, -0.2) is 19.7 Å². The number of hydrogen-bond donors (Lipinski definition) is 1. The van der Waals surface area contributed by atoms with Crippen LogP contribution in [0.15, 0.2) is 24.4 Å². The zero-order chi connectivity index (χ0) is 15.7. The molecule has 8 heteroatoms. The molecule has 0 aliphatic rings. The minimum absolute atomic E-state index is 0.350. The molecule has 1 aromatic carbocycles. The number of rotatable bonds is 4. The van der Waals surface area contributed by atoms with Crippen molar-refractivity contribution >= 4 is 68.3 Å². The molecule has 22 heavy (non-hydrogen) atoms. The quantitative estimate of drug-likeness (QED) is 0.398. The number of halogens is 2. The van der Waals surface area contributed by atoms with Crippen molar-refractivity contribution in [2.45, 2.75) is 20.1 Å². The highest BCUT2D eigenvalue weighted by atomic mass is 127. The molecule has 1 N–H and O–H groups in total. The molecule has 0 atom stereocenters. The minimum Gasteiger partial charge on any atom is -0.482 e. The second-order valence-corrected chi connectivity index (χ2v) is 7.26. The molecule has 2 aromatic heterocycles. The zero-order valence-electron chi connectivity index (χ0n) is 11.6. The van der Waals surface area contributed by atoms with E-state index in [1.54, 1.807) is 6.20 Å². The predicted octanol–water partition coefficient (Wildman–Crippen LogP) is 4.30. The van der Waals surface area contributed by atoms with Gasteiger partial charge in [0.05, 0.1) is 3.57 Å². The van der Waals surface area contributed by atoms with Gasteiger partial charge in [-0.3, -0.25) is 10.1 Å². The number of nitrogens with one attached hydrogen (secondary N) is 1. The third kappa shape index (κ3) is 3.00. The lowest BCUT2D eigenvalue weighted by molar-refractivity contribution is 0.290. The van der Waals surface area contributed by atoms with Crippen molar-refractivity contribution in [3.05, 3.63) is 42.1 Å². The second kappa shape index (κ2) is 6.79. The van der Waals surface area contributed by atoms with E-state index in [9.17, 15) is 0 Å². The summed E-state index contributed by atoms with van der Waals surface area (Å²) in [6.45, 7) is 3.14. The van der Waals surface area contributed by atoms with Gasteiger partial charge in [-0.15, -0.1) is 0 Å². The molecule has 0 saturated carbocycles. The average Bonchev–Trinajstić information content (AvgIpc) is 2.87. The Hall–Kier alpha value is -0.750. The van der Waals surface area contributed by atoms with Crippen LogP contribution in [-0.2, 0) is 13.2 Å². The first-order valence-corrected chi connectivity index (χ1v) is 9.18. The molecule has 114 valence electrons. The lowest BCUT2D eigenvalue weighted by Gasteiger charge is -2.12. The molecule has 0 saturated heterocycles. The Morgan fingerprint density at radius 1 is 1.36 bits per heavy atom. The standard InChI is InChI=1S/C14H12I2N4OS/c1-2-20-11(18-19-14(20)22)7-21-13-10(16)6-9(15)8-4-3-5-17-12(8)13/h3-6H,2,7H2,1H3,(H,19,22). The summed E-state index contributed by atoms with van der Waals surface area (Å²) >= 11 is 9.79. The fourth-order valence-corrected chi connectivity index (χ4v) is 4.55. The van der Waals surface area contributed by atoms with E-state index in [1.807, 2.05) is 17.6 Å². The average molecular weight is 538 g/mol. The van der Waals surface area contributed by atoms with E-state index < -0.39 is 0 Å². The molecule has 3 rings (SSSR count). The van der Waals surface area contributed by atoms with Crippen LogP contribution in [0.2, 0.25) is 0 Å². The summed E-state index contributed by atoms with van der Waals surface area (Å²) in [5.41, 5.74) is 0.871. The normalized spacial score (nSPS) is 11.0. The van der Waals surface area contributed by atoms with Crippen LogP contribution in [0.4, 0.5) is 0 Å². The number of nitrogens with zero attached hydrogens (tertiary/aromatic N) is 3. The van der Waals surface area contributed by atoms with Crippen molar-refractivity contribution in [3.8, 4) is 5.75 Å². The van der Waals surface area contributed by atoms with Crippen molar-refractivity contribution in [1.82, 2.24) is 19.7 Å². The van der Waals surface area contributed by atoms with E-state index in [2.05, 4.69) is 72.5 Å². The Labute approximate surface area is 159 Å². The third-order valence-corrected chi connectivity index (χ3v) is 5.26. The van der Waals surface area contributed by atoms with Gasteiger partial charge in [-0.05, 0) is 76.5 Å². The van der Waals surface area contributed by atoms with Gasteiger partial charge in [0, 0.05) is 21.7 Å². The fraction of sp³-hybridized carbons (Fsp3) is 0.214. The van der Waals surface area contributed by atoms with E-state index in [4.69, 9.17) is 17.0 Å². The maximum Gasteiger partial charge on any atom is 0.195 e. The van der Waals surface area contributed by atoms with Gasteiger partial charge < -0.3 is 9.30 Å². The number of pyridine rings is 1. The smallest absolute Gasteiger partial charge is 0.195 e. The molecule has 0 amide bonds. The summed E-state index contributed by atoms with van der Waals surface area (Å²) in [6.07, 6.45) is 1.78. The van der Waals surface area contributed by atoms with Crippen LogP contribution in [0, 0.1) is 11.9 Å². The molecule has 0 bridgehead atoms. The fourth-order valence-electron chi connectivity index (χ4n) is 2.21. The summed E-state index contributed by atoms with van der Waals surface area (Å²) in [4.78, 5) is 4.47. The molecule has 0 radical (unpaired) electrons. The van der Waals surface area contributed by atoms with Gasteiger partial charge in [0.1, 0.15) is 12.1 Å². The second-order valence-electron chi connectivity index (χ2n) is 4.55. The molecule has 0 unspecified atom stereocenters. The highest BCUT2D eigenvalue weighted by molar-refractivity contribution is 14.1. The van der Waals surface area contributed by atoms with Gasteiger partial charge in [0.25, 0.3) is 0 Å². The van der Waals surface area contributed by atoms with E-state index in [0.29, 0.717) is 11.4 Å². The van der Waals surface area contributed by atoms with Gasteiger partial charge in [-0.2, -0.15) is 5.10 Å². The Bertz CT molecular complexity index is 890. The van der Waals surface area contributed by atoms with Crippen LogP contribution in [0.25, 0.3) is 10.9 Å². The molecule has 0 aliphatic carbocycles. The number of ether oxygens (including phenoxy) is 1. The van der Waals surface area contributed by atoms with Crippen LogP contribution in [0.5, 0.6) is 5.75 Å². The molecule has 3 aromatic rings. The molecular formula is C14H12I2N4OS. The van der Waals surface area contributed by atoms with Gasteiger partial charge in [0.15, 0.2) is 16.3 Å². The highest BCUT2D eigenvalue weighted by Crippen LogP contribution is 2.33. The van der Waals surface area contributed by atoms with Crippen LogP contribution < -0.4 is 4.74 Å². The zero-order valence-corrected chi connectivity index (χ0v) is 16.8. The largest absolute Gasteiger partial charge is 0.482 e. The van der Waals surface area contributed by atoms with Crippen LogP contribution in [0.3, 0.4) is 0 Å². The summed E-state index contributed by atoms with van der Waals surface area (Å²) in [7, 11) is 0. The van der Waals surface area contributed by atoms with Gasteiger partial charge in [-0.1, -0.05) is 6.07 Å². The SMILES string of the molecule is CCn1c(COc2c(I)cc(I)c3cccnc23)n[nH]c1=S. The maximum atomic E-state index is 6.02. The molecule has 5 nitrogen and oxygen atoms in total. The van der Waals surface area contributed by atoms with Crippen LogP contribution >= 0.6 is 57.4 Å². The number of fused-ring (bicyclic) bond motifs is 1. The van der Waals surface area contributed by atoms with Crippen molar-refractivity contribution in [3.63, 3.8) is 0 Å². The number of H-pyrrole nitrogens is 1. The first kappa shape index (κ1) is 16.1. The molecule has 0 spiro atoms. The lowest BCUT2D eigenvalue weighted by atomic mass is 10.2. The van der Waals surface area contributed by atoms with E-state index >= 15 is 0 Å². The molecular weight excluding hydrogens is 526 g/mol. The lowest BCUT2D eigenvalue weighted by Crippen LogP contribution is -2.07. The monoisotopic (exact) mass is 538 g/mol. The van der Waals surface area contributed by atoms with Gasteiger partial charge >= 0.3 is 0 Å². The van der Waals surface area contributed by atoms with Crippen LogP contribution in [0.1, 0.15) is 12.7 Å². The first-order valence-electron chi connectivity index (χ1n) is 6.61. The van der Waals surface area contributed by atoms with Crippen molar-refractivity contribution in [1.29, 1.82) is 0 Å². The number of benzene rings is 1. The van der Waals surface area contributed by atoms with E-state index in [-0.39, 0.29) is 0 Å². The summed E-state index contributed by atoms with van der Waals surface area (Å²) in [5.74, 6) is 1.57. The van der Waals surface area contributed by atoms with Gasteiger partial charge in [-0.25, -0.2) is 0 Å². The summed E-state index contributed by atoms with van der Waals surface area (Å²) < 4.78 is 10.8. The third-order valence-electron chi connectivity index (χ3n) is 3.25. The maximum absolute atomic E-state index is 6.02. The number of aromatic amines is 1. The van der Waals surface area contributed by atoms with E-state index in [0.717, 1.165) is 36.2 Å². The predicted molar refractivity (Wildman–Crippen MR) is 105 cm³/mol. The number of aromatic nitrogens is 4. The van der Waals surface area contributed by atoms with Crippen molar-refractivity contribution in [2.24, 2.45) is 0 Å². The Morgan fingerprint density at radius 3 is 2.95 bits per heavy atom. The Balaban J connectivity index is 1.99. The van der Waals surface area contributed by atoms with Crippen molar-refractivity contribution < 1.29 is 4.74 Å². The van der Waals surface area contributed by atoms with E-state index in [1.165, 1.54) is 0 Å². The Morgan fingerprint density at radius 2 is 2.18 bits per heavy atom. The minimum atomic E-state index is 0.350. The van der Waals surface area contributed by atoms with Gasteiger partial charge in [0.2, 0.25) is 0 Å². The highest BCUT2D eigenvalue weighted by Gasteiger charge is 2.13. The molecule has 0 fully saturated rings. The number of hydrogen-bond acceptors (Lipinski definition) is 4.